The Morgan fingerprint density at radius 3 is 1.58 bits per heavy atom. The van der Waals surface area contributed by atoms with E-state index in [2.05, 4.69) is 92.1 Å². The van der Waals surface area contributed by atoms with Crippen LogP contribution in [0.1, 0.15) is 232 Å². The zero-order valence-corrected chi connectivity index (χ0v) is 46.1. The number of aliphatic hydroxyl groups is 5. The summed E-state index contributed by atoms with van der Waals surface area (Å²) in [5, 5.41) is 54.3. The van der Waals surface area contributed by atoms with E-state index in [0.29, 0.717) is 25.9 Å². The molecular formula is C62H107NO10. The van der Waals surface area contributed by atoms with Gasteiger partial charge in [0.25, 0.3) is 0 Å². The lowest BCUT2D eigenvalue weighted by atomic mass is 9.99. The zero-order valence-electron chi connectivity index (χ0n) is 46.1. The molecule has 1 amide bonds. The number of carbonyl (C=O) groups is 2. The van der Waals surface area contributed by atoms with Gasteiger partial charge in [0.2, 0.25) is 5.91 Å². The molecule has 0 bridgehead atoms. The molecule has 0 spiro atoms. The summed E-state index contributed by atoms with van der Waals surface area (Å²) in [7, 11) is 0. The molecular weight excluding hydrogens is 919 g/mol. The molecule has 11 heteroatoms. The Balaban J connectivity index is 2.14. The highest BCUT2D eigenvalue weighted by molar-refractivity contribution is 5.76. The summed E-state index contributed by atoms with van der Waals surface area (Å²) in [6, 6.07) is -0.845. The molecule has 1 aliphatic heterocycles. The second kappa shape index (κ2) is 51.0. The van der Waals surface area contributed by atoms with Crippen molar-refractivity contribution in [2.45, 2.75) is 275 Å². The standard InChI is InChI=1S/C62H107NO10/c1-3-5-7-9-11-13-15-24-28-32-36-40-44-48-55(65)54(53-72-62-61(70)60(69)59(68)56(52-64)73-62)63-57(66)49-45-41-37-33-29-26-22-20-18-17-19-21-23-27-31-35-39-43-47-51-71-58(67)50-46-42-38-34-30-25-16-14-12-10-8-6-4-2/h8,10-11,13-14,16,21,23,27-28,31-32,44,48,54-56,59-62,64-65,68-70H,3-7,9,12,15,17-20,22,24-26,29-30,33-43,45-47,49-53H2,1-2H3,(H,63,66)/b10-8-,13-11+,16-14-,23-21-,31-27-,32-28+,48-44+. The Morgan fingerprint density at radius 1 is 0.521 bits per heavy atom. The Kier molecular flexibility index (Phi) is 47.4. The number of amides is 1. The molecule has 6 N–H and O–H groups in total. The molecule has 0 aromatic heterocycles. The number of ether oxygens (including phenoxy) is 3. The summed E-state index contributed by atoms with van der Waals surface area (Å²) in [6.45, 7) is 4.15. The second-order valence-corrected chi connectivity index (χ2v) is 20.0. The lowest BCUT2D eigenvalue weighted by molar-refractivity contribution is -0.302. The molecule has 0 aliphatic carbocycles. The Bertz CT molecular complexity index is 1490. The Morgan fingerprint density at radius 2 is 1.00 bits per heavy atom. The van der Waals surface area contributed by atoms with Crippen LogP contribution in [0.2, 0.25) is 0 Å². The second-order valence-electron chi connectivity index (χ2n) is 20.0. The van der Waals surface area contributed by atoms with Gasteiger partial charge >= 0.3 is 5.97 Å². The van der Waals surface area contributed by atoms with E-state index in [9.17, 15) is 35.1 Å². The van der Waals surface area contributed by atoms with Crippen molar-refractivity contribution in [2.24, 2.45) is 0 Å². The first-order chi connectivity index (χ1) is 35.7. The minimum absolute atomic E-state index is 0.0460. The Labute approximate surface area is 444 Å². The first-order valence-corrected chi connectivity index (χ1v) is 29.4. The van der Waals surface area contributed by atoms with Crippen LogP contribution in [0.3, 0.4) is 0 Å². The topological polar surface area (TPSA) is 175 Å². The average Bonchev–Trinajstić information content (AvgIpc) is 3.39. The highest BCUT2D eigenvalue weighted by Crippen LogP contribution is 2.23. The largest absolute Gasteiger partial charge is 0.466 e. The van der Waals surface area contributed by atoms with E-state index in [1.165, 1.54) is 89.9 Å². The van der Waals surface area contributed by atoms with E-state index < -0.39 is 49.5 Å². The molecule has 420 valence electrons. The van der Waals surface area contributed by atoms with Gasteiger partial charge in [-0.25, -0.2) is 0 Å². The molecule has 7 atom stereocenters. The van der Waals surface area contributed by atoms with E-state index in [1.807, 2.05) is 6.08 Å². The maximum atomic E-state index is 13.0. The molecule has 0 saturated carbocycles. The third-order valence-electron chi connectivity index (χ3n) is 13.2. The first kappa shape index (κ1) is 67.9. The fourth-order valence-corrected chi connectivity index (χ4v) is 8.49. The summed E-state index contributed by atoms with van der Waals surface area (Å²) in [5.41, 5.74) is 0. The zero-order chi connectivity index (χ0) is 53.1. The van der Waals surface area contributed by atoms with Crippen molar-refractivity contribution in [1.82, 2.24) is 5.32 Å². The molecule has 7 unspecified atom stereocenters. The molecule has 1 aliphatic rings. The summed E-state index contributed by atoms with van der Waals surface area (Å²) >= 11 is 0. The van der Waals surface area contributed by atoms with Gasteiger partial charge in [0.15, 0.2) is 6.29 Å². The van der Waals surface area contributed by atoms with Gasteiger partial charge in [-0.05, 0) is 116 Å². The number of carbonyl (C=O) groups excluding carboxylic acids is 2. The molecule has 11 nitrogen and oxygen atoms in total. The minimum Gasteiger partial charge on any atom is -0.466 e. The molecule has 0 aromatic rings. The summed E-state index contributed by atoms with van der Waals surface area (Å²) in [5.74, 6) is -0.255. The third-order valence-corrected chi connectivity index (χ3v) is 13.2. The molecule has 1 rings (SSSR count). The lowest BCUT2D eigenvalue weighted by Gasteiger charge is -2.40. The van der Waals surface area contributed by atoms with Crippen LogP contribution in [-0.2, 0) is 23.8 Å². The van der Waals surface area contributed by atoms with E-state index in [0.717, 1.165) is 109 Å². The number of hydrogen-bond acceptors (Lipinski definition) is 10. The monoisotopic (exact) mass is 1030 g/mol. The van der Waals surface area contributed by atoms with Crippen molar-refractivity contribution in [3.63, 3.8) is 0 Å². The fraction of sp³-hybridized carbons (Fsp3) is 0.742. The van der Waals surface area contributed by atoms with Crippen molar-refractivity contribution in [3.05, 3.63) is 85.1 Å². The summed E-state index contributed by atoms with van der Waals surface area (Å²) < 4.78 is 16.6. The van der Waals surface area contributed by atoms with Crippen LogP contribution in [0.25, 0.3) is 0 Å². The third kappa shape index (κ3) is 40.8. The molecule has 73 heavy (non-hydrogen) atoms. The van der Waals surface area contributed by atoms with Crippen LogP contribution in [0, 0.1) is 0 Å². The van der Waals surface area contributed by atoms with Crippen LogP contribution >= 0.6 is 0 Å². The molecule has 0 aromatic carbocycles. The fourth-order valence-electron chi connectivity index (χ4n) is 8.49. The average molecular weight is 1030 g/mol. The van der Waals surface area contributed by atoms with E-state index in [-0.39, 0.29) is 18.5 Å². The van der Waals surface area contributed by atoms with Crippen LogP contribution < -0.4 is 5.32 Å². The number of rotatable bonds is 49. The van der Waals surface area contributed by atoms with Gasteiger partial charge in [-0.3, -0.25) is 9.59 Å². The summed E-state index contributed by atoms with van der Waals surface area (Å²) in [6.07, 6.45) is 58.1. The number of unbranched alkanes of at least 4 members (excludes halogenated alkanes) is 24. The predicted molar refractivity (Wildman–Crippen MR) is 301 cm³/mol. The van der Waals surface area contributed by atoms with Gasteiger partial charge < -0.3 is 45.1 Å². The normalized spacial score (nSPS) is 19.6. The van der Waals surface area contributed by atoms with Crippen molar-refractivity contribution in [3.8, 4) is 0 Å². The smallest absolute Gasteiger partial charge is 0.305 e. The van der Waals surface area contributed by atoms with Crippen molar-refractivity contribution >= 4 is 11.9 Å². The van der Waals surface area contributed by atoms with E-state index in [4.69, 9.17) is 14.2 Å². The Hall–Kier alpha value is -3.16. The van der Waals surface area contributed by atoms with Gasteiger partial charge in [-0.15, -0.1) is 0 Å². The molecule has 1 saturated heterocycles. The first-order valence-electron chi connectivity index (χ1n) is 29.4. The van der Waals surface area contributed by atoms with Crippen molar-refractivity contribution in [1.29, 1.82) is 0 Å². The highest BCUT2D eigenvalue weighted by Gasteiger charge is 2.44. The van der Waals surface area contributed by atoms with E-state index in [1.54, 1.807) is 6.08 Å². The van der Waals surface area contributed by atoms with Crippen molar-refractivity contribution in [2.75, 3.05) is 19.8 Å². The van der Waals surface area contributed by atoms with Gasteiger partial charge in [-0.1, -0.05) is 189 Å². The number of nitrogens with one attached hydrogen (secondary N) is 1. The van der Waals surface area contributed by atoms with Gasteiger partial charge in [0, 0.05) is 12.8 Å². The highest BCUT2D eigenvalue weighted by atomic mass is 16.7. The quantitative estimate of drug-likeness (QED) is 0.0149. The number of hydrogen-bond donors (Lipinski definition) is 6. The van der Waals surface area contributed by atoms with Gasteiger partial charge in [-0.2, -0.15) is 0 Å². The maximum Gasteiger partial charge on any atom is 0.305 e. The van der Waals surface area contributed by atoms with Crippen molar-refractivity contribution < 1.29 is 49.3 Å². The molecule has 1 fully saturated rings. The molecule has 0 radical (unpaired) electrons. The lowest BCUT2D eigenvalue weighted by Crippen LogP contribution is -2.60. The number of esters is 1. The SMILES string of the molecule is CCC/C=C\C/C=C\CCCCCCCC(=O)OCCCCC/C=C\C=C/CCCCCCCCCCCCC(=O)NC(COC1OC(CO)C(O)C(O)C1O)C(O)/C=C/CC/C=C/CC/C=C/CCCCC. The number of aliphatic hydroxyl groups excluding tert-OH is 5. The summed E-state index contributed by atoms with van der Waals surface area (Å²) in [4.78, 5) is 25.0. The predicted octanol–water partition coefficient (Wildman–Crippen LogP) is 13.4. The van der Waals surface area contributed by atoms with E-state index >= 15 is 0 Å². The van der Waals surface area contributed by atoms with Gasteiger partial charge in [0.1, 0.15) is 24.4 Å². The van der Waals surface area contributed by atoms with Crippen LogP contribution in [0.15, 0.2) is 85.1 Å². The van der Waals surface area contributed by atoms with Crippen LogP contribution in [0.5, 0.6) is 0 Å². The van der Waals surface area contributed by atoms with Gasteiger partial charge in [0.05, 0.1) is 32.0 Å². The maximum absolute atomic E-state index is 13.0. The minimum atomic E-state index is -1.59. The van der Waals surface area contributed by atoms with Crippen LogP contribution in [0.4, 0.5) is 0 Å². The molecule has 1 heterocycles. The van der Waals surface area contributed by atoms with Crippen LogP contribution in [-0.4, -0.2) is 100 Å². The number of allylic oxidation sites excluding steroid dienone is 13.